The van der Waals surface area contributed by atoms with Gasteiger partial charge >= 0.3 is 0 Å². The van der Waals surface area contributed by atoms with E-state index >= 15 is 0 Å². The van der Waals surface area contributed by atoms with Crippen LogP contribution >= 0.6 is 23.2 Å². The predicted octanol–water partition coefficient (Wildman–Crippen LogP) is 5.18. The Bertz CT molecular complexity index is 1160. The number of benzene rings is 2. The topological polar surface area (TPSA) is 86.8 Å². The van der Waals surface area contributed by atoms with Gasteiger partial charge in [-0.2, -0.15) is 0 Å². The van der Waals surface area contributed by atoms with Crippen LogP contribution in [0.1, 0.15) is 51.2 Å². The SMILES string of the molecule is CC[C@H](C)NC(=O)[C@@H](C)N(Cc1ccc(C)cc1)C(=O)CCCN(c1cc(Cl)ccc1Cl)S(C)(=O)=O. The quantitative estimate of drug-likeness (QED) is 0.391. The van der Waals surface area contributed by atoms with Crippen LogP contribution in [-0.4, -0.2) is 50.0 Å². The predicted molar refractivity (Wildman–Crippen MR) is 147 cm³/mol. The maximum atomic E-state index is 13.3. The second kappa shape index (κ2) is 13.3. The van der Waals surface area contributed by atoms with E-state index in [9.17, 15) is 18.0 Å². The van der Waals surface area contributed by atoms with Gasteiger partial charge in [-0.25, -0.2) is 8.42 Å². The number of amides is 2. The van der Waals surface area contributed by atoms with E-state index in [4.69, 9.17) is 23.2 Å². The number of carbonyl (C=O) groups excluding carboxylic acids is 2. The number of halogens is 2. The molecule has 0 saturated heterocycles. The maximum Gasteiger partial charge on any atom is 0.242 e. The minimum absolute atomic E-state index is 0.0120. The largest absolute Gasteiger partial charge is 0.352 e. The molecule has 2 aromatic carbocycles. The van der Waals surface area contributed by atoms with E-state index in [1.165, 1.54) is 12.1 Å². The van der Waals surface area contributed by atoms with Crippen molar-refractivity contribution in [2.75, 3.05) is 17.1 Å². The highest BCUT2D eigenvalue weighted by molar-refractivity contribution is 7.92. The molecule has 0 bridgehead atoms. The molecule has 0 aliphatic heterocycles. The first-order valence-electron chi connectivity index (χ1n) is 11.9. The van der Waals surface area contributed by atoms with Gasteiger partial charge in [-0.15, -0.1) is 0 Å². The smallest absolute Gasteiger partial charge is 0.242 e. The molecule has 198 valence electrons. The van der Waals surface area contributed by atoms with Crippen molar-refractivity contribution < 1.29 is 18.0 Å². The van der Waals surface area contributed by atoms with Crippen molar-refractivity contribution >= 4 is 50.7 Å². The van der Waals surface area contributed by atoms with E-state index in [2.05, 4.69) is 5.32 Å². The number of sulfonamides is 1. The van der Waals surface area contributed by atoms with Crippen molar-refractivity contribution in [1.82, 2.24) is 10.2 Å². The molecule has 7 nitrogen and oxygen atoms in total. The maximum absolute atomic E-state index is 13.3. The number of carbonyl (C=O) groups is 2. The van der Waals surface area contributed by atoms with Crippen LogP contribution in [0.3, 0.4) is 0 Å². The number of anilines is 1. The van der Waals surface area contributed by atoms with Gasteiger partial charge in [0.15, 0.2) is 0 Å². The lowest BCUT2D eigenvalue weighted by Crippen LogP contribution is -2.49. The molecule has 10 heteroatoms. The van der Waals surface area contributed by atoms with Crippen LogP contribution in [0, 0.1) is 6.92 Å². The molecule has 36 heavy (non-hydrogen) atoms. The Morgan fingerprint density at radius 2 is 1.69 bits per heavy atom. The summed E-state index contributed by atoms with van der Waals surface area (Å²) in [5, 5.41) is 3.53. The zero-order chi connectivity index (χ0) is 27.0. The van der Waals surface area contributed by atoms with Crippen LogP contribution in [0.15, 0.2) is 42.5 Å². The van der Waals surface area contributed by atoms with Crippen LogP contribution in [-0.2, 0) is 26.2 Å². The van der Waals surface area contributed by atoms with Gasteiger partial charge in [0.1, 0.15) is 6.04 Å². The van der Waals surface area contributed by atoms with E-state index < -0.39 is 16.1 Å². The average molecular weight is 557 g/mol. The summed E-state index contributed by atoms with van der Waals surface area (Å²) in [6.07, 6.45) is 2.14. The summed E-state index contributed by atoms with van der Waals surface area (Å²) < 4.78 is 26.1. The standard InChI is InChI=1S/C26H35Cl2N3O4S/c1-6-19(3)29-26(33)20(4)30(17-21-11-9-18(2)10-12-21)25(32)8-7-15-31(36(5,34)35)24-16-22(27)13-14-23(24)28/h9-14,16,19-20H,6-8,15,17H2,1-5H3,(H,29,33)/t19-,20+/m0/s1. The van der Waals surface area contributed by atoms with E-state index in [1.54, 1.807) is 17.9 Å². The van der Waals surface area contributed by atoms with Crippen molar-refractivity contribution in [3.05, 3.63) is 63.6 Å². The first-order valence-corrected chi connectivity index (χ1v) is 14.5. The Labute approximate surface area is 224 Å². The lowest BCUT2D eigenvalue weighted by molar-refractivity contribution is -0.140. The molecule has 1 N–H and O–H groups in total. The summed E-state index contributed by atoms with van der Waals surface area (Å²) in [6.45, 7) is 7.88. The minimum Gasteiger partial charge on any atom is -0.352 e. The van der Waals surface area contributed by atoms with Crippen LogP contribution in [0.5, 0.6) is 0 Å². The molecule has 0 fully saturated rings. The lowest BCUT2D eigenvalue weighted by atomic mass is 10.1. The molecule has 2 aromatic rings. The van der Waals surface area contributed by atoms with Crippen molar-refractivity contribution in [1.29, 1.82) is 0 Å². The number of hydrogen-bond acceptors (Lipinski definition) is 4. The fraction of sp³-hybridized carbons (Fsp3) is 0.462. The Hall–Kier alpha value is -2.29. The Kier molecular flexibility index (Phi) is 11.1. The summed E-state index contributed by atoms with van der Waals surface area (Å²) in [4.78, 5) is 27.7. The molecule has 0 spiro atoms. The third-order valence-electron chi connectivity index (χ3n) is 5.97. The molecule has 0 unspecified atom stereocenters. The van der Waals surface area contributed by atoms with Gasteiger partial charge in [-0.3, -0.25) is 13.9 Å². The summed E-state index contributed by atoms with van der Waals surface area (Å²) >= 11 is 12.3. The van der Waals surface area contributed by atoms with Gasteiger partial charge in [-0.05, 0) is 57.4 Å². The van der Waals surface area contributed by atoms with Gasteiger partial charge in [0.2, 0.25) is 21.8 Å². The summed E-state index contributed by atoms with van der Waals surface area (Å²) in [6, 6.07) is 11.7. The fourth-order valence-corrected chi connectivity index (χ4v) is 5.00. The number of hydrogen-bond donors (Lipinski definition) is 1. The molecule has 0 saturated carbocycles. The third-order valence-corrected chi connectivity index (χ3v) is 7.71. The van der Waals surface area contributed by atoms with Crippen LogP contribution in [0.2, 0.25) is 10.0 Å². The summed E-state index contributed by atoms with van der Waals surface area (Å²) in [7, 11) is -3.67. The normalized spacial score (nSPS) is 13.1. The molecule has 2 rings (SSSR count). The minimum atomic E-state index is -3.67. The number of nitrogens with one attached hydrogen (secondary N) is 1. The molecule has 0 aromatic heterocycles. The Morgan fingerprint density at radius 1 is 1.06 bits per heavy atom. The molecule has 2 atom stereocenters. The highest BCUT2D eigenvalue weighted by atomic mass is 35.5. The van der Waals surface area contributed by atoms with Gasteiger partial charge in [0.25, 0.3) is 0 Å². The van der Waals surface area contributed by atoms with Gasteiger partial charge < -0.3 is 10.2 Å². The lowest BCUT2D eigenvalue weighted by Gasteiger charge is -2.30. The molecular formula is C26H35Cl2N3O4S. The first kappa shape index (κ1) is 29.9. The molecule has 0 aliphatic carbocycles. The van der Waals surface area contributed by atoms with Crippen LogP contribution in [0.25, 0.3) is 0 Å². The van der Waals surface area contributed by atoms with E-state index in [0.29, 0.717) is 5.02 Å². The van der Waals surface area contributed by atoms with Crippen molar-refractivity contribution in [3.63, 3.8) is 0 Å². The average Bonchev–Trinajstić information content (AvgIpc) is 2.81. The fourth-order valence-electron chi connectivity index (χ4n) is 3.60. The van der Waals surface area contributed by atoms with E-state index in [0.717, 1.165) is 28.1 Å². The van der Waals surface area contributed by atoms with Crippen molar-refractivity contribution in [3.8, 4) is 0 Å². The molecular weight excluding hydrogens is 521 g/mol. The first-order chi connectivity index (χ1) is 16.8. The van der Waals surface area contributed by atoms with Crippen molar-refractivity contribution in [2.24, 2.45) is 0 Å². The number of aryl methyl sites for hydroxylation is 1. The molecule has 0 aliphatic rings. The zero-order valence-corrected chi connectivity index (χ0v) is 23.8. The highest BCUT2D eigenvalue weighted by Gasteiger charge is 2.27. The second-order valence-corrected chi connectivity index (χ2v) is 11.8. The monoisotopic (exact) mass is 555 g/mol. The van der Waals surface area contributed by atoms with E-state index in [-0.39, 0.29) is 54.5 Å². The second-order valence-electron chi connectivity index (χ2n) is 9.04. The molecule has 0 radical (unpaired) electrons. The molecule has 2 amide bonds. The highest BCUT2D eigenvalue weighted by Crippen LogP contribution is 2.31. The van der Waals surface area contributed by atoms with Crippen LogP contribution < -0.4 is 9.62 Å². The van der Waals surface area contributed by atoms with E-state index in [1.807, 2.05) is 45.0 Å². The Balaban J connectivity index is 2.20. The number of rotatable bonds is 12. The van der Waals surface area contributed by atoms with Crippen molar-refractivity contribution in [2.45, 2.75) is 65.6 Å². The van der Waals surface area contributed by atoms with Crippen LogP contribution in [0.4, 0.5) is 5.69 Å². The zero-order valence-electron chi connectivity index (χ0n) is 21.4. The summed E-state index contributed by atoms with van der Waals surface area (Å²) in [5.74, 6) is -0.471. The van der Waals surface area contributed by atoms with Gasteiger partial charge in [0.05, 0.1) is 17.0 Å². The number of nitrogens with zero attached hydrogens (tertiary/aromatic N) is 2. The van der Waals surface area contributed by atoms with Gasteiger partial charge in [0, 0.05) is 30.6 Å². The summed E-state index contributed by atoms with van der Waals surface area (Å²) in [5.41, 5.74) is 2.26. The molecule has 0 heterocycles. The third kappa shape index (κ3) is 8.68. The Morgan fingerprint density at radius 3 is 2.28 bits per heavy atom. The van der Waals surface area contributed by atoms with Gasteiger partial charge in [-0.1, -0.05) is 60.0 Å².